The maximum Gasteiger partial charge on any atom is 0.178 e. The summed E-state index contributed by atoms with van der Waals surface area (Å²) in [5.74, 6) is 0.378. The van der Waals surface area contributed by atoms with Crippen LogP contribution in [0.4, 0.5) is 0 Å². The van der Waals surface area contributed by atoms with E-state index in [2.05, 4.69) is 6.58 Å². The number of benzene rings is 1. The SMILES string of the molecule is C=CCCC(C)CS(=O)(=O)c1ccc(C)cc1. The van der Waals surface area contributed by atoms with Gasteiger partial charge in [-0.3, -0.25) is 0 Å². The molecule has 2 nitrogen and oxygen atoms in total. The van der Waals surface area contributed by atoms with E-state index in [-0.39, 0.29) is 11.7 Å². The second-order valence-corrected chi connectivity index (χ2v) is 6.60. The molecule has 0 bridgehead atoms. The van der Waals surface area contributed by atoms with Crippen molar-refractivity contribution in [3.05, 3.63) is 42.5 Å². The van der Waals surface area contributed by atoms with Gasteiger partial charge in [-0.25, -0.2) is 8.42 Å². The topological polar surface area (TPSA) is 34.1 Å². The van der Waals surface area contributed by atoms with E-state index in [1.807, 2.05) is 32.1 Å². The van der Waals surface area contributed by atoms with Crippen LogP contribution in [0.1, 0.15) is 25.3 Å². The van der Waals surface area contributed by atoms with Crippen molar-refractivity contribution in [3.63, 3.8) is 0 Å². The molecule has 1 atom stereocenters. The lowest BCUT2D eigenvalue weighted by Gasteiger charge is -2.11. The normalized spacial score (nSPS) is 13.3. The molecule has 0 aliphatic rings. The Morgan fingerprint density at radius 1 is 1.29 bits per heavy atom. The van der Waals surface area contributed by atoms with Crippen molar-refractivity contribution in [3.8, 4) is 0 Å². The van der Waals surface area contributed by atoms with Gasteiger partial charge in [-0.15, -0.1) is 6.58 Å². The molecular weight excluding hydrogens is 232 g/mol. The van der Waals surface area contributed by atoms with Gasteiger partial charge in [0.1, 0.15) is 0 Å². The lowest BCUT2D eigenvalue weighted by molar-refractivity contribution is 0.553. The molecule has 0 aromatic heterocycles. The molecule has 0 amide bonds. The Kier molecular flexibility index (Phi) is 4.94. The van der Waals surface area contributed by atoms with Gasteiger partial charge in [0.15, 0.2) is 9.84 Å². The number of allylic oxidation sites excluding steroid dienone is 1. The fraction of sp³-hybridized carbons (Fsp3) is 0.429. The standard InChI is InChI=1S/C14H20O2S/c1-4-5-6-13(3)11-17(15,16)14-9-7-12(2)8-10-14/h4,7-10,13H,1,5-6,11H2,2-3H3. The molecule has 1 unspecified atom stereocenters. The Morgan fingerprint density at radius 3 is 2.41 bits per heavy atom. The first-order valence-electron chi connectivity index (χ1n) is 5.86. The summed E-state index contributed by atoms with van der Waals surface area (Å²) in [7, 11) is -3.14. The molecule has 1 rings (SSSR count). The third kappa shape index (κ3) is 4.35. The molecule has 0 aliphatic carbocycles. The summed E-state index contributed by atoms with van der Waals surface area (Å²) in [4.78, 5) is 0.425. The van der Waals surface area contributed by atoms with E-state index in [9.17, 15) is 8.42 Å². The van der Waals surface area contributed by atoms with Gasteiger partial charge in [-0.05, 0) is 37.8 Å². The second kappa shape index (κ2) is 6.01. The highest BCUT2D eigenvalue weighted by molar-refractivity contribution is 7.91. The molecule has 0 spiro atoms. The van der Waals surface area contributed by atoms with Gasteiger partial charge in [-0.2, -0.15) is 0 Å². The first-order chi connectivity index (χ1) is 7.95. The molecule has 0 heterocycles. The van der Waals surface area contributed by atoms with Crippen molar-refractivity contribution < 1.29 is 8.42 Å². The van der Waals surface area contributed by atoms with Gasteiger partial charge in [0.05, 0.1) is 10.6 Å². The zero-order valence-electron chi connectivity index (χ0n) is 10.5. The molecule has 0 fully saturated rings. The Labute approximate surface area is 104 Å². The molecule has 0 radical (unpaired) electrons. The van der Waals surface area contributed by atoms with Gasteiger partial charge >= 0.3 is 0 Å². The van der Waals surface area contributed by atoms with E-state index in [1.165, 1.54) is 0 Å². The van der Waals surface area contributed by atoms with E-state index >= 15 is 0 Å². The van der Waals surface area contributed by atoms with Gasteiger partial charge in [-0.1, -0.05) is 30.7 Å². The average Bonchev–Trinajstić information content (AvgIpc) is 2.26. The van der Waals surface area contributed by atoms with Crippen LogP contribution in [-0.2, 0) is 9.84 Å². The van der Waals surface area contributed by atoms with Crippen LogP contribution in [0.15, 0.2) is 41.8 Å². The Morgan fingerprint density at radius 2 is 1.88 bits per heavy atom. The van der Waals surface area contributed by atoms with Crippen molar-refractivity contribution in [2.45, 2.75) is 31.6 Å². The molecule has 0 N–H and O–H groups in total. The van der Waals surface area contributed by atoms with Crippen molar-refractivity contribution in [2.24, 2.45) is 5.92 Å². The fourth-order valence-electron chi connectivity index (χ4n) is 1.70. The van der Waals surface area contributed by atoms with Crippen LogP contribution in [0.5, 0.6) is 0 Å². The number of hydrogen-bond acceptors (Lipinski definition) is 2. The highest BCUT2D eigenvalue weighted by Crippen LogP contribution is 2.17. The minimum atomic E-state index is -3.14. The zero-order valence-corrected chi connectivity index (χ0v) is 11.3. The predicted octanol–water partition coefficient (Wildman–Crippen LogP) is 3.37. The number of rotatable bonds is 6. The Bertz CT molecular complexity index is 458. The maximum atomic E-state index is 12.1. The number of hydrogen-bond donors (Lipinski definition) is 0. The van der Waals surface area contributed by atoms with Gasteiger partial charge in [0, 0.05) is 0 Å². The van der Waals surface area contributed by atoms with Crippen LogP contribution < -0.4 is 0 Å². The molecular formula is C14H20O2S. The molecule has 1 aromatic rings. The predicted molar refractivity (Wildman–Crippen MR) is 71.8 cm³/mol. The Hall–Kier alpha value is -1.09. The van der Waals surface area contributed by atoms with Crippen LogP contribution in [-0.4, -0.2) is 14.2 Å². The molecule has 17 heavy (non-hydrogen) atoms. The summed E-state index contributed by atoms with van der Waals surface area (Å²) in [5.41, 5.74) is 1.07. The quantitative estimate of drug-likeness (QED) is 0.727. The van der Waals surface area contributed by atoms with Crippen LogP contribution in [0.3, 0.4) is 0 Å². The molecule has 94 valence electrons. The van der Waals surface area contributed by atoms with Crippen molar-refractivity contribution in [1.29, 1.82) is 0 Å². The largest absolute Gasteiger partial charge is 0.224 e. The van der Waals surface area contributed by atoms with Crippen molar-refractivity contribution in [2.75, 3.05) is 5.75 Å². The number of sulfone groups is 1. The summed E-state index contributed by atoms with van der Waals surface area (Å²) in [6.45, 7) is 7.56. The highest BCUT2D eigenvalue weighted by Gasteiger charge is 2.17. The summed E-state index contributed by atoms with van der Waals surface area (Å²) < 4.78 is 24.2. The molecule has 1 aromatic carbocycles. The van der Waals surface area contributed by atoms with Crippen molar-refractivity contribution in [1.82, 2.24) is 0 Å². The molecule has 0 aliphatic heterocycles. The van der Waals surface area contributed by atoms with Gasteiger partial charge < -0.3 is 0 Å². The van der Waals surface area contributed by atoms with Crippen LogP contribution in [0.2, 0.25) is 0 Å². The monoisotopic (exact) mass is 252 g/mol. The first-order valence-corrected chi connectivity index (χ1v) is 7.51. The second-order valence-electron chi connectivity index (χ2n) is 4.57. The summed E-state index contributed by atoms with van der Waals surface area (Å²) in [6, 6.07) is 7.04. The van der Waals surface area contributed by atoms with Crippen LogP contribution >= 0.6 is 0 Å². The summed E-state index contributed by atoms with van der Waals surface area (Å²) >= 11 is 0. The average molecular weight is 252 g/mol. The van der Waals surface area contributed by atoms with Crippen LogP contribution in [0.25, 0.3) is 0 Å². The van der Waals surface area contributed by atoms with E-state index < -0.39 is 9.84 Å². The highest BCUT2D eigenvalue weighted by atomic mass is 32.2. The van der Waals surface area contributed by atoms with E-state index in [0.29, 0.717) is 4.90 Å². The summed E-state index contributed by atoms with van der Waals surface area (Å²) in [6.07, 6.45) is 3.56. The van der Waals surface area contributed by atoms with Gasteiger partial charge in [0.25, 0.3) is 0 Å². The Balaban J connectivity index is 2.74. The molecule has 3 heteroatoms. The third-order valence-corrected chi connectivity index (χ3v) is 4.75. The van der Waals surface area contributed by atoms with E-state index in [1.54, 1.807) is 12.1 Å². The lowest BCUT2D eigenvalue weighted by atomic mass is 10.1. The van der Waals surface area contributed by atoms with E-state index in [0.717, 1.165) is 18.4 Å². The van der Waals surface area contributed by atoms with E-state index in [4.69, 9.17) is 0 Å². The number of aryl methyl sites for hydroxylation is 1. The summed E-state index contributed by atoms with van der Waals surface area (Å²) in [5, 5.41) is 0. The zero-order chi connectivity index (χ0) is 12.9. The first kappa shape index (κ1) is 14.0. The van der Waals surface area contributed by atoms with Crippen LogP contribution in [0, 0.1) is 12.8 Å². The van der Waals surface area contributed by atoms with Crippen molar-refractivity contribution >= 4 is 9.84 Å². The minimum Gasteiger partial charge on any atom is -0.224 e. The van der Waals surface area contributed by atoms with Gasteiger partial charge in [0.2, 0.25) is 0 Å². The molecule has 0 saturated heterocycles. The lowest BCUT2D eigenvalue weighted by Crippen LogP contribution is -2.14. The smallest absolute Gasteiger partial charge is 0.178 e. The minimum absolute atomic E-state index is 0.166. The maximum absolute atomic E-state index is 12.1. The molecule has 0 saturated carbocycles. The fourth-order valence-corrected chi connectivity index (χ4v) is 3.36. The third-order valence-electron chi connectivity index (χ3n) is 2.75.